The highest BCUT2D eigenvalue weighted by Gasteiger charge is 2.40. The third-order valence-corrected chi connectivity index (χ3v) is 2.38. The van der Waals surface area contributed by atoms with E-state index in [1.54, 1.807) is 6.92 Å². The number of hydrogen-bond donors (Lipinski definition) is 0. The molecule has 1 aromatic carbocycles. The molecule has 0 heterocycles. The van der Waals surface area contributed by atoms with Crippen LogP contribution in [0.1, 0.15) is 22.8 Å². The van der Waals surface area contributed by atoms with Crippen LogP contribution in [0.25, 0.3) is 0 Å². The second kappa shape index (κ2) is 4.96. The van der Waals surface area contributed by atoms with E-state index in [4.69, 9.17) is 16.3 Å². The van der Waals surface area contributed by atoms with Crippen molar-refractivity contribution in [2.45, 2.75) is 20.0 Å². The Labute approximate surface area is 101 Å². The fourth-order valence-corrected chi connectivity index (χ4v) is 1.54. The largest absolute Gasteiger partial charge is 0.492 e. The first-order chi connectivity index (χ1) is 7.77. The van der Waals surface area contributed by atoms with Crippen molar-refractivity contribution in [3.8, 4) is 5.75 Å². The third kappa shape index (κ3) is 3.12. The first-order valence-electron chi connectivity index (χ1n) is 4.81. The molecule has 0 aliphatic heterocycles. The summed E-state index contributed by atoms with van der Waals surface area (Å²) >= 11 is 5.73. The van der Waals surface area contributed by atoms with Crippen molar-refractivity contribution < 1.29 is 22.7 Å². The lowest BCUT2D eigenvalue weighted by molar-refractivity contribution is -0.0885. The maximum absolute atomic E-state index is 12.3. The first-order valence-corrected chi connectivity index (χ1v) is 5.19. The Kier molecular flexibility index (Phi) is 4.03. The summed E-state index contributed by atoms with van der Waals surface area (Å²) in [5.41, 5.74) is -0.272. The number of rotatable bonds is 3. The number of hydrogen-bond acceptors (Lipinski definition) is 2. The molecule has 17 heavy (non-hydrogen) atoms. The SMILES string of the molecule is CCOc1cc(C)c(C(=O)C(F)(F)F)cc1Cl. The quantitative estimate of drug-likeness (QED) is 0.778. The van der Waals surface area contributed by atoms with Gasteiger partial charge in [0.1, 0.15) is 5.75 Å². The van der Waals surface area contributed by atoms with Crippen LogP contribution < -0.4 is 4.74 Å². The van der Waals surface area contributed by atoms with E-state index in [1.807, 2.05) is 0 Å². The van der Waals surface area contributed by atoms with E-state index in [2.05, 4.69) is 0 Å². The maximum atomic E-state index is 12.3. The van der Waals surface area contributed by atoms with Gasteiger partial charge in [-0.05, 0) is 31.5 Å². The summed E-state index contributed by atoms with van der Waals surface area (Å²) in [5.74, 6) is -1.63. The molecule has 1 aromatic rings. The van der Waals surface area contributed by atoms with E-state index in [0.29, 0.717) is 6.61 Å². The number of carbonyl (C=O) groups is 1. The fourth-order valence-electron chi connectivity index (χ4n) is 1.32. The summed E-state index contributed by atoms with van der Waals surface area (Å²) < 4.78 is 41.9. The molecule has 0 aliphatic carbocycles. The average Bonchev–Trinajstić information content (AvgIpc) is 2.21. The van der Waals surface area contributed by atoms with Crippen molar-refractivity contribution in [1.29, 1.82) is 0 Å². The molecular formula is C11H10ClF3O2. The van der Waals surface area contributed by atoms with Crippen LogP contribution in [0.3, 0.4) is 0 Å². The predicted octanol–water partition coefficient (Wildman–Crippen LogP) is 3.79. The number of carbonyl (C=O) groups excluding carboxylic acids is 1. The smallest absolute Gasteiger partial charge is 0.454 e. The zero-order valence-electron chi connectivity index (χ0n) is 9.19. The minimum atomic E-state index is -4.90. The number of alkyl halides is 3. The highest BCUT2D eigenvalue weighted by molar-refractivity contribution is 6.32. The number of halogens is 4. The highest BCUT2D eigenvalue weighted by Crippen LogP contribution is 2.31. The number of aryl methyl sites for hydroxylation is 1. The zero-order valence-corrected chi connectivity index (χ0v) is 9.95. The van der Waals surface area contributed by atoms with Gasteiger partial charge in [0.2, 0.25) is 0 Å². The molecule has 2 nitrogen and oxygen atoms in total. The van der Waals surface area contributed by atoms with Gasteiger partial charge in [-0.1, -0.05) is 11.6 Å². The van der Waals surface area contributed by atoms with E-state index in [1.165, 1.54) is 13.0 Å². The van der Waals surface area contributed by atoms with Crippen LogP contribution in [-0.2, 0) is 0 Å². The van der Waals surface area contributed by atoms with Gasteiger partial charge in [0, 0.05) is 5.56 Å². The fraction of sp³-hybridized carbons (Fsp3) is 0.364. The number of ketones is 1. The standard InChI is InChI=1S/C11H10ClF3O2/c1-3-17-9-4-6(2)7(5-8(9)12)10(16)11(13,14)15/h4-5H,3H2,1-2H3. The van der Waals surface area contributed by atoms with Gasteiger partial charge in [-0.3, -0.25) is 4.79 Å². The van der Waals surface area contributed by atoms with Crippen LogP contribution >= 0.6 is 11.6 Å². The molecule has 0 radical (unpaired) electrons. The van der Waals surface area contributed by atoms with Crippen LogP contribution in [0.5, 0.6) is 5.75 Å². The van der Waals surface area contributed by atoms with Crippen molar-refractivity contribution >= 4 is 17.4 Å². The topological polar surface area (TPSA) is 26.3 Å². The van der Waals surface area contributed by atoms with Crippen molar-refractivity contribution in [3.63, 3.8) is 0 Å². The molecule has 0 bridgehead atoms. The van der Waals surface area contributed by atoms with Gasteiger partial charge in [-0.2, -0.15) is 13.2 Å². The zero-order chi connectivity index (χ0) is 13.2. The van der Waals surface area contributed by atoms with Crippen LogP contribution in [0.4, 0.5) is 13.2 Å². The molecule has 0 aliphatic rings. The van der Waals surface area contributed by atoms with Gasteiger partial charge in [-0.25, -0.2) is 0 Å². The number of ether oxygens (including phenoxy) is 1. The van der Waals surface area contributed by atoms with Gasteiger partial charge >= 0.3 is 6.18 Å². The van der Waals surface area contributed by atoms with Gasteiger partial charge in [0.25, 0.3) is 5.78 Å². The molecule has 0 spiro atoms. The summed E-state index contributed by atoms with van der Waals surface area (Å²) in [5, 5.41) is -0.00921. The van der Waals surface area contributed by atoms with Crippen LogP contribution in [0, 0.1) is 6.92 Å². The molecule has 1 rings (SSSR count). The van der Waals surface area contributed by atoms with Crippen LogP contribution in [0.15, 0.2) is 12.1 Å². The monoisotopic (exact) mass is 266 g/mol. The van der Waals surface area contributed by atoms with Crippen molar-refractivity contribution in [1.82, 2.24) is 0 Å². The van der Waals surface area contributed by atoms with Crippen LogP contribution in [-0.4, -0.2) is 18.6 Å². The second-order valence-electron chi connectivity index (χ2n) is 3.36. The molecule has 6 heteroatoms. The van der Waals surface area contributed by atoms with Crippen LogP contribution in [0.2, 0.25) is 5.02 Å². The average molecular weight is 267 g/mol. The van der Waals surface area contributed by atoms with E-state index >= 15 is 0 Å². The Hall–Kier alpha value is -1.23. The van der Waals surface area contributed by atoms with E-state index in [9.17, 15) is 18.0 Å². The summed E-state index contributed by atoms with van der Waals surface area (Å²) in [4.78, 5) is 11.1. The molecule has 0 aromatic heterocycles. The van der Waals surface area contributed by atoms with Gasteiger partial charge in [0.15, 0.2) is 0 Å². The molecule has 0 saturated carbocycles. The Morgan fingerprint density at radius 1 is 1.41 bits per heavy atom. The summed E-state index contributed by atoms with van der Waals surface area (Å²) in [6.45, 7) is 3.46. The molecule has 0 atom stereocenters. The van der Waals surface area contributed by atoms with Gasteiger partial charge in [-0.15, -0.1) is 0 Å². The second-order valence-corrected chi connectivity index (χ2v) is 3.76. The molecular weight excluding hydrogens is 257 g/mol. The maximum Gasteiger partial charge on any atom is 0.454 e. The lowest BCUT2D eigenvalue weighted by atomic mass is 10.0. The Balaban J connectivity index is 3.20. The van der Waals surface area contributed by atoms with Gasteiger partial charge < -0.3 is 4.74 Å². The van der Waals surface area contributed by atoms with Gasteiger partial charge in [0.05, 0.1) is 11.6 Å². The molecule has 0 N–H and O–H groups in total. The molecule has 0 saturated heterocycles. The number of Topliss-reactive ketones (excluding diaryl/α,β-unsaturated/α-hetero) is 1. The van der Waals surface area contributed by atoms with E-state index in [-0.39, 0.29) is 16.3 Å². The minimum absolute atomic E-state index is 0.00921. The van der Waals surface area contributed by atoms with E-state index < -0.39 is 17.5 Å². The summed E-state index contributed by atoms with van der Waals surface area (Å²) in [6, 6.07) is 2.31. The number of benzene rings is 1. The Bertz CT molecular complexity index is 441. The normalized spacial score (nSPS) is 11.4. The van der Waals surface area contributed by atoms with Crippen molar-refractivity contribution in [2.75, 3.05) is 6.61 Å². The Morgan fingerprint density at radius 2 is 2.00 bits per heavy atom. The lowest BCUT2D eigenvalue weighted by Crippen LogP contribution is -2.23. The van der Waals surface area contributed by atoms with Crippen molar-refractivity contribution in [2.24, 2.45) is 0 Å². The molecule has 0 unspecified atom stereocenters. The molecule has 0 fully saturated rings. The third-order valence-electron chi connectivity index (χ3n) is 2.08. The first kappa shape index (κ1) is 13.8. The van der Waals surface area contributed by atoms with Crippen molar-refractivity contribution in [3.05, 3.63) is 28.3 Å². The summed E-state index contributed by atoms with van der Waals surface area (Å²) in [6.07, 6.45) is -4.90. The minimum Gasteiger partial charge on any atom is -0.492 e. The Morgan fingerprint density at radius 3 is 2.47 bits per heavy atom. The highest BCUT2D eigenvalue weighted by atomic mass is 35.5. The predicted molar refractivity (Wildman–Crippen MR) is 57.7 cm³/mol. The summed E-state index contributed by atoms with van der Waals surface area (Å²) in [7, 11) is 0. The molecule has 0 amide bonds. The molecule has 94 valence electrons. The van der Waals surface area contributed by atoms with E-state index in [0.717, 1.165) is 6.07 Å². The lowest BCUT2D eigenvalue weighted by Gasteiger charge is -2.12.